The van der Waals surface area contributed by atoms with Crippen molar-refractivity contribution in [3.05, 3.63) is 0 Å². The topological polar surface area (TPSA) is 40.5 Å². The van der Waals surface area contributed by atoms with Crippen molar-refractivity contribution in [1.29, 1.82) is 0 Å². The molecule has 0 spiro atoms. The summed E-state index contributed by atoms with van der Waals surface area (Å²) in [7, 11) is 0. The molecule has 2 rings (SSSR count). The van der Waals surface area contributed by atoms with Crippen molar-refractivity contribution in [2.75, 3.05) is 13.2 Å². The van der Waals surface area contributed by atoms with Crippen molar-refractivity contribution in [3.63, 3.8) is 0 Å². The second-order valence-corrected chi connectivity index (χ2v) is 4.44. The highest BCUT2D eigenvalue weighted by Crippen LogP contribution is 2.26. The number of Topliss-reactive ketones (excluding diaryl/α,β-unsaturated/α-hetero) is 1. The lowest BCUT2D eigenvalue weighted by Gasteiger charge is -2.38. The molecule has 2 atom stereocenters. The molecule has 14 heavy (non-hydrogen) atoms. The zero-order valence-electron chi connectivity index (χ0n) is 8.61. The maximum atomic E-state index is 11.6. The fraction of sp³-hybridized carbons (Fsp3) is 0.909. The van der Waals surface area contributed by atoms with Gasteiger partial charge in [0, 0.05) is 12.5 Å². The molecule has 1 aliphatic carbocycles. The number of hydrogen-bond acceptors (Lipinski definition) is 3. The van der Waals surface area contributed by atoms with Crippen LogP contribution in [0.1, 0.15) is 38.5 Å². The summed E-state index contributed by atoms with van der Waals surface area (Å²) in [6.07, 6.45) is 6.23. The van der Waals surface area contributed by atoms with E-state index in [1.165, 1.54) is 12.8 Å². The smallest absolute Gasteiger partial charge is 0.149 e. The number of hydrogen-bond donors (Lipinski definition) is 1. The molecule has 0 aromatic heterocycles. The molecule has 0 bridgehead atoms. The molecule has 0 aromatic carbocycles. The van der Waals surface area contributed by atoms with Crippen LogP contribution < -0.4 is 0 Å². The van der Waals surface area contributed by atoms with Gasteiger partial charge in [0.1, 0.15) is 5.78 Å². The summed E-state index contributed by atoms with van der Waals surface area (Å²) in [5.74, 6) is 0.394. The zero-order valence-corrected chi connectivity index (χ0v) is 8.61. The molecule has 0 radical (unpaired) electrons. The molecule has 1 aliphatic heterocycles. The Morgan fingerprint density at radius 2 is 2.14 bits per heavy atom. The van der Waals surface area contributed by atoms with Gasteiger partial charge >= 0.3 is 0 Å². The van der Waals surface area contributed by atoms with Gasteiger partial charge in [-0.05, 0) is 32.2 Å². The molecule has 1 saturated carbocycles. The first kappa shape index (κ1) is 10.1. The van der Waals surface area contributed by atoms with E-state index in [0.717, 1.165) is 32.2 Å². The minimum absolute atomic E-state index is 0.132. The maximum Gasteiger partial charge on any atom is 0.149 e. The van der Waals surface area contributed by atoms with Crippen molar-refractivity contribution >= 4 is 5.78 Å². The lowest BCUT2D eigenvalue weighted by Crippen LogP contribution is -2.49. The normalized spacial score (nSPS) is 35.1. The fourth-order valence-electron chi connectivity index (χ4n) is 2.78. The highest BCUT2D eigenvalue weighted by atomic mass is 16.3. The Morgan fingerprint density at radius 1 is 1.29 bits per heavy atom. The number of ketones is 1. The quantitative estimate of drug-likeness (QED) is 0.716. The number of likely N-dealkylation sites (tertiary alicyclic amines) is 1. The van der Waals surface area contributed by atoms with Crippen LogP contribution in [0.25, 0.3) is 0 Å². The Labute approximate surface area is 85.1 Å². The molecular weight excluding hydrogens is 178 g/mol. The van der Waals surface area contributed by atoms with Gasteiger partial charge in [0.25, 0.3) is 0 Å². The summed E-state index contributed by atoms with van der Waals surface area (Å²) in [5, 5.41) is 9.26. The van der Waals surface area contributed by atoms with Gasteiger partial charge in [0.15, 0.2) is 0 Å². The minimum atomic E-state index is 0.132. The molecule has 80 valence electrons. The number of aliphatic hydroxyl groups excluding tert-OH is 1. The average molecular weight is 197 g/mol. The number of piperidine rings is 1. The van der Waals surface area contributed by atoms with E-state index in [1.807, 2.05) is 0 Å². The van der Waals surface area contributed by atoms with Crippen LogP contribution in [0.3, 0.4) is 0 Å². The van der Waals surface area contributed by atoms with Crippen molar-refractivity contribution in [2.24, 2.45) is 0 Å². The molecule has 1 N–H and O–H groups in total. The highest BCUT2D eigenvalue weighted by molar-refractivity contribution is 5.85. The van der Waals surface area contributed by atoms with Crippen LogP contribution >= 0.6 is 0 Å². The van der Waals surface area contributed by atoms with Crippen molar-refractivity contribution in [1.82, 2.24) is 4.90 Å². The Morgan fingerprint density at radius 3 is 2.79 bits per heavy atom. The predicted molar refractivity (Wildman–Crippen MR) is 54.1 cm³/mol. The van der Waals surface area contributed by atoms with Crippen molar-refractivity contribution in [3.8, 4) is 0 Å². The van der Waals surface area contributed by atoms with Gasteiger partial charge in [-0.1, -0.05) is 6.42 Å². The molecule has 3 heteroatoms. The van der Waals surface area contributed by atoms with Crippen LogP contribution in [0.15, 0.2) is 0 Å². The third-order valence-electron chi connectivity index (χ3n) is 3.56. The molecule has 2 unspecified atom stereocenters. The van der Waals surface area contributed by atoms with Crippen LogP contribution in [0.2, 0.25) is 0 Å². The molecule has 2 aliphatic rings. The van der Waals surface area contributed by atoms with Gasteiger partial charge in [0.05, 0.1) is 12.6 Å². The summed E-state index contributed by atoms with van der Waals surface area (Å²) < 4.78 is 0. The molecule has 0 amide bonds. The summed E-state index contributed by atoms with van der Waals surface area (Å²) in [4.78, 5) is 13.9. The number of nitrogens with zero attached hydrogens (tertiary/aromatic N) is 1. The second kappa shape index (κ2) is 4.41. The van der Waals surface area contributed by atoms with E-state index in [0.29, 0.717) is 5.78 Å². The van der Waals surface area contributed by atoms with Crippen molar-refractivity contribution in [2.45, 2.75) is 50.6 Å². The van der Waals surface area contributed by atoms with Gasteiger partial charge < -0.3 is 5.11 Å². The van der Waals surface area contributed by atoms with Gasteiger partial charge in [-0.25, -0.2) is 0 Å². The second-order valence-electron chi connectivity index (χ2n) is 4.44. The van der Waals surface area contributed by atoms with Gasteiger partial charge in [-0.2, -0.15) is 0 Å². The molecule has 3 nitrogen and oxygen atoms in total. The van der Waals surface area contributed by atoms with Crippen LogP contribution in [0.4, 0.5) is 0 Å². The Kier molecular flexibility index (Phi) is 3.19. The van der Waals surface area contributed by atoms with E-state index >= 15 is 0 Å². The van der Waals surface area contributed by atoms with Crippen LogP contribution in [0.5, 0.6) is 0 Å². The maximum absolute atomic E-state index is 11.6. The number of aliphatic hydroxyl groups is 1. The summed E-state index contributed by atoms with van der Waals surface area (Å²) in [6, 6.07) is 0.378. The first-order valence-corrected chi connectivity index (χ1v) is 5.72. The number of rotatable bonds is 2. The Balaban J connectivity index is 2.02. The largest absolute Gasteiger partial charge is 0.395 e. The first-order chi connectivity index (χ1) is 6.83. The lowest BCUT2D eigenvalue weighted by molar-refractivity contribution is -0.123. The van der Waals surface area contributed by atoms with E-state index in [4.69, 9.17) is 0 Å². The fourth-order valence-corrected chi connectivity index (χ4v) is 2.78. The van der Waals surface area contributed by atoms with E-state index in [-0.39, 0.29) is 18.7 Å². The summed E-state index contributed by atoms with van der Waals surface area (Å²) in [5.41, 5.74) is 0. The van der Waals surface area contributed by atoms with E-state index in [9.17, 15) is 9.90 Å². The lowest BCUT2D eigenvalue weighted by atomic mass is 9.99. The van der Waals surface area contributed by atoms with E-state index in [2.05, 4.69) is 4.90 Å². The molecule has 0 aromatic rings. The third-order valence-corrected chi connectivity index (χ3v) is 3.56. The summed E-state index contributed by atoms with van der Waals surface area (Å²) >= 11 is 0. The molecular formula is C11H19NO2. The predicted octanol–water partition coefficient (Wildman–Crippen LogP) is 0.955. The van der Waals surface area contributed by atoms with E-state index in [1.54, 1.807) is 0 Å². The minimum Gasteiger partial charge on any atom is -0.395 e. The van der Waals surface area contributed by atoms with Gasteiger partial charge in [-0.3, -0.25) is 9.69 Å². The number of carbonyl (C=O) groups is 1. The zero-order chi connectivity index (χ0) is 9.97. The molecule has 1 saturated heterocycles. The Hall–Kier alpha value is -0.410. The first-order valence-electron chi connectivity index (χ1n) is 5.72. The van der Waals surface area contributed by atoms with Crippen LogP contribution in [0, 0.1) is 0 Å². The van der Waals surface area contributed by atoms with Crippen molar-refractivity contribution < 1.29 is 9.90 Å². The highest BCUT2D eigenvalue weighted by Gasteiger charge is 2.35. The molecule has 1 heterocycles. The Bertz CT molecular complexity index is 217. The van der Waals surface area contributed by atoms with E-state index < -0.39 is 0 Å². The van der Waals surface area contributed by atoms with Crippen LogP contribution in [-0.4, -0.2) is 41.0 Å². The molecule has 2 fully saturated rings. The van der Waals surface area contributed by atoms with Crippen LogP contribution in [-0.2, 0) is 4.79 Å². The number of carbonyl (C=O) groups excluding carboxylic acids is 1. The standard InChI is InChI=1S/C11H19NO2/c13-8-9-4-1-2-7-12(9)10-5-3-6-11(10)14/h9-10,13H,1-8H2. The van der Waals surface area contributed by atoms with Gasteiger partial charge in [-0.15, -0.1) is 0 Å². The third kappa shape index (κ3) is 1.84. The average Bonchev–Trinajstić information content (AvgIpc) is 2.64. The SMILES string of the molecule is O=C1CCCC1N1CCCCC1CO. The van der Waals surface area contributed by atoms with Gasteiger partial charge in [0.2, 0.25) is 0 Å². The summed E-state index contributed by atoms with van der Waals surface area (Å²) in [6.45, 7) is 1.21. The monoisotopic (exact) mass is 197 g/mol.